The minimum absolute atomic E-state index is 0. The van der Waals surface area contributed by atoms with Crippen LogP contribution >= 0.6 is 12.4 Å². The highest BCUT2D eigenvalue weighted by Gasteiger charge is 2.43. The second-order valence-electron chi connectivity index (χ2n) is 2.66. The number of hydrogen-bond acceptors (Lipinski definition) is 3. The highest BCUT2D eigenvalue weighted by atomic mass is 35.5. The maximum absolute atomic E-state index is 12.0. The summed E-state index contributed by atoms with van der Waals surface area (Å²) in [5, 5.41) is 10.6. The molecule has 14 heavy (non-hydrogen) atoms. The lowest BCUT2D eigenvalue weighted by Crippen LogP contribution is -2.54. The zero-order valence-corrected chi connectivity index (χ0v) is 7.69. The number of halogens is 4. The average Bonchev–Trinajstić information content (AvgIpc) is 2.03. The Morgan fingerprint density at radius 2 is 2.07 bits per heavy atom. The molecule has 0 unspecified atom stereocenters. The molecule has 2 N–H and O–H groups in total. The molecule has 0 aromatic carbocycles. The van der Waals surface area contributed by atoms with E-state index in [4.69, 9.17) is 5.11 Å². The highest BCUT2D eigenvalue weighted by Crippen LogP contribution is 2.24. The molecule has 8 heteroatoms. The van der Waals surface area contributed by atoms with E-state index in [0.29, 0.717) is 0 Å². The predicted octanol–water partition coefficient (Wildman–Crippen LogP) is 0.412. The van der Waals surface area contributed by atoms with Gasteiger partial charge >= 0.3 is 12.1 Å². The summed E-state index contributed by atoms with van der Waals surface area (Å²) in [6.45, 7) is -0.972. The fourth-order valence-corrected chi connectivity index (χ4v) is 0.948. The fraction of sp³-hybridized carbons (Fsp3) is 0.833. The van der Waals surface area contributed by atoms with Gasteiger partial charge in [-0.15, -0.1) is 12.4 Å². The van der Waals surface area contributed by atoms with E-state index in [2.05, 4.69) is 10.1 Å². The quantitative estimate of drug-likeness (QED) is 0.691. The van der Waals surface area contributed by atoms with Gasteiger partial charge in [0, 0.05) is 6.54 Å². The number of carbonyl (C=O) groups is 1. The van der Waals surface area contributed by atoms with E-state index in [1.807, 2.05) is 0 Å². The van der Waals surface area contributed by atoms with Crippen molar-refractivity contribution in [3.8, 4) is 0 Å². The molecule has 0 aromatic rings. The highest BCUT2D eigenvalue weighted by molar-refractivity contribution is 5.85. The molecule has 1 aliphatic heterocycles. The van der Waals surface area contributed by atoms with Gasteiger partial charge in [0.25, 0.3) is 0 Å². The standard InChI is InChI=1S/C6H8F3NO3.ClH/c7-6(8,9)4-1-10-3(2-13-4)5(11)12;/h3-4,10H,1-2H2,(H,11,12);1H/t3-,4+;/m1./s1. The van der Waals surface area contributed by atoms with Gasteiger partial charge in [-0.3, -0.25) is 10.1 Å². The zero-order chi connectivity index (χ0) is 10.1. The lowest BCUT2D eigenvalue weighted by molar-refractivity contribution is -0.229. The van der Waals surface area contributed by atoms with E-state index >= 15 is 0 Å². The van der Waals surface area contributed by atoms with Crippen LogP contribution in [0.4, 0.5) is 13.2 Å². The Morgan fingerprint density at radius 1 is 1.50 bits per heavy atom. The van der Waals surface area contributed by atoms with Crippen LogP contribution in [0.3, 0.4) is 0 Å². The first-order valence-electron chi connectivity index (χ1n) is 3.56. The monoisotopic (exact) mass is 235 g/mol. The van der Waals surface area contributed by atoms with Crippen LogP contribution in [0.2, 0.25) is 0 Å². The smallest absolute Gasteiger partial charge is 0.415 e. The lowest BCUT2D eigenvalue weighted by atomic mass is 10.2. The van der Waals surface area contributed by atoms with Crippen LogP contribution in [0.25, 0.3) is 0 Å². The summed E-state index contributed by atoms with van der Waals surface area (Å²) in [6, 6.07) is -1.04. The van der Waals surface area contributed by atoms with Gasteiger partial charge in [0.15, 0.2) is 6.10 Å². The second-order valence-corrected chi connectivity index (χ2v) is 2.66. The largest absolute Gasteiger partial charge is 0.480 e. The number of alkyl halides is 3. The first-order chi connectivity index (χ1) is 5.91. The first kappa shape index (κ1) is 13.5. The summed E-state index contributed by atoms with van der Waals surface area (Å²) < 4.78 is 40.2. The predicted molar refractivity (Wildman–Crippen MR) is 42.5 cm³/mol. The van der Waals surface area contributed by atoms with Crippen molar-refractivity contribution in [3.63, 3.8) is 0 Å². The van der Waals surface area contributed by atoms with E-state index in [0.717, 1.165) is 0 Å². The molecule has 1 fully saturated rings. The van der Waals surface area contributed by atoms with Gasteiger partial charge in [-0.2, -0.15) is 13.2 Å². The Kier molecular flexibility index (Phi) is 4.63. The SMILES string of the molecule is Cl.O=C(O)[C@H]1CO[C@H](C(F)(F)F)CN1. The summed E-state index contributed by atoms with van der Waals surface area (Å²) in [7, 11) is 0. The van der Waals surface area contributed by atoms with Gasteiger partial charge in [-0.1, -0.05) is 0 Å². The molecule has 0 amide bonds. The number of aliphatic carboxylic acids is 1. The maximum Gasteiger partial charge on any atom is 0.415 e. The molecule has 0 bridgehead atoms. The molecular formula is C6H9ClF3NO3. The number of carboxylic acids is 1. The van der Waals surface area contributed by atoms with Crippen LogP contribution in [0.15, 0.2) is 0 Å². The number of carboxylic acid groups (broad SMARTS) is 1. The topological polar surface area (TPSA) is 58.6 Å². The lowest BCUT2D eigenvalue weighted by Gasteiger charge is -2.29. The van der Waals surface area contributed by atoms with Crippen molar-refractivity contribution in [3.05, 3.63) is 0 Å². The normalized spacial score (nSPS) is 27.9. The van der Waals surface area contributed by atoms with E-state index in [9.17, 15) is 18.0 Å². The van der Waals surface area contributed by atoms with Crippen LogP contribution in [0.1, 0.15) is 0 Å². The molecule has 0 spiro atoms. The average molecular weight is 236 g/mol. The molecule has 84 valence electrons. The summed E-state index contributed by atoms with van der Waals surface area (Å²) in [5.74, 6) is -1.21. The summed E-state index contributed by atoms with van der Waals surface area (Å²) >= 11 is 0. The molecule has 0 aliphatic carbocycles. The second kappa shape index (κ2) is 4.81. The first-order valence-corrected chi connectivity index (χ1v) is 3.56. The number of nitrogens with one attached hydrogen (secondary N) is 1. The Hall–Kier alpha value is -0.530. The fourth-order valence-electron chi connectivity index (χ4n) is 0.948. The van der Waals surface area contributed by atoms with E-state index in [-0.39, 0.29) is 12.4 Å². The molecule has 2 atom stereocenters. The zero-order valence-electron chi connectivity index (χ0n) is 6.87. The molecule has 0 saturated carbocycles. The van der Waals surface area contributed by atoms with Crippen LogP contribution < -0.4 is 5.32 Å². The maximum atomic E-state index is 12.0. The molecule has 1 saturated heterocycles. The Bertz CT molecular complexity index is 203. The van der Waals surface area contributed by atoms with Gasteiger partial charge in [-0.25, -0.2) is 0 Å². The molecule has 1 aliphatic rings. The van der Waals surface area contributed by atoms with E-state index < -0.39 is 37.4 Å². The van der Waals surface area contributed by atoms with Gasteiger partial charge in [0.05, 0.1) is 6.61 Å². The molecule has 1 heterocycles. The number of hydrogen-bond donors (Lipinski definition) is 2. The minimum Gasteiger partial charge on any atom is -0.480 e. The Balaban J connectivity index is 0.00000169. The van der Waals surface area contributed by atoms with Gasteiger partial charge in [0.1, 0.15) is 6.04 Å². The molecule has 0 radical (unpaired) electrons. The van der Waals surface area contributed by atoms with Crippen molar-refractivity contribution < 1.29 is 27.8 Å². The van der Waals surface area contributed by atoms with Crippen molar-refractivity contribution in [2.45, 2.75) is 18.3 Å². The van der Waals surface area contributed by atoms with Crippen molar-refractivity contribution >= 4 is 18.4 Å². The summed E-state index contributed by atoms with van der Waals surface area (Å²) in [6.07, 6.45) is -6.33. The van der Waals surface area contributed by atoms with Crippen molar-refractivity contribution in [1.82, 2.24) is 5.32 Å². The van der Waals surface area contributed by atoms with Gasteiger partial charge < -0.3 is 9.84 Å². The summed E-state index contributed by atoms with van der Waals surface area (Å²) in [4.78, 5) is 10.3. The molecule has 4 nitrogen and oxygen atoms in total. The van der Waals surface area contributed by atoms with Crippen molar-refractivity contribution in [2.24, 2.45) is 0 Å². The minimum atomic E-state index is -4.43. The Labute approximate surface area is 83.8 Å². The summed E-state index contributed by atoms with van der Waals surface area (Å²) in [5.41, 5.74) is 0. The van der Waals surface area contributed by atoms with Gasteiger partial charge in [-0.05, 0) is 0 Å². The number of morpholine rings is 1. The molecule has 1 rings (SSSR count). The van der Waals surface area contributed by atoms with Gasteiger partial charge in [0.2, 0.25) is 0 Å². The van der Waals surface area contributed by atoms with Crippen molar-refractivity contribution in [1.29, 1.82) is 0 Å². The Morgan fingerprint density at radius 3 is 2.36 bits per heavy atom. The van der Waals surface area contributed by atoms with Crippen molar-refractivity contribution in [2.75, 3.05) is 13.2 Å². The van der Waals surface area contributed by atoms with Crippen LogP contribution in [-0.4, -0.2) is 42.5 Å². The van der Waals surface area contributed by atoms with Crippen LogP contribution in [0, 0.1) is 0 Å². The number of ether oxygens (including phenoxy) is 1. The third kappa shape index (κ3) is 3.32. The van der Waals surface area contributed by atoms with Crippen LogP contribution in [-0.2, 0) is 9.53 Å². The van der Waals surface area contributed by atoms with Crippen LogP contribution in [0.5, 0.6) is 0 Å². The van der Waals surface area contributed by atoms with E-state index in [1.54, 1.807) is 0 Å². The molecular weight excluding hydrogens is 227 g/mol. The third-order valence-corrected chi connectivity index (χ3v) is 1.68. The molecule has 0 aromatic heterocycles. The van der Waals surface area contributed by atoms with E-state index in [1.165, 1.54) is 0 Å². The number of rotatable bonds is 1. The third-order valence-electron chi connectivity index (χ3n) is 1.68.